The van der Waals surface area contributed by atoms with Gasteiger partial charge in [0.25, 0.3) is 0 Å². The van der Waals surface area contributed by atoms with Crippen molar-refractivity contribution < 1.29 is 13.9 Å². The number of hydrogen-bond donors (Lipinski definition) is 1. The zero-order valence-corrected chi connectivity index (χ0v) is 11.1. The van der Waals surface area contributed by atoms with Gasteiger partial charge in [0.15, 0.2) is 0 Å². The van der Waals surface area contributed by atoms with Gasteiger partial charge in [-0.1, -0.05) is 12.5 Å². The van der Waals surface area contributed by atoms with Crippen LogP contribution in [0.3, 0.4) is 0 Å². The van der Waals surface area contributed by atoms with Crippen LogP contribution in [0, 0.1) is 11.6 Å². The summed E-state index contributed by atoms with van der Waals surface area (Å²) in [5.41, 5.74) is 2.54. The van der Waals surface area contributed by atoms with Crippen LogP contribution in [0.4, 0.5) is 8.78 Å². The van der Waals surface area contributed by atoms with E-state index in [-0.39, 0.29) is 0 Å². The van der Waals surface area contributed by atoms with E-state index >= 15 is 0 Å². The second-order valence-electron chi connectivity index (χ2n) is 5.41. The molecule has 1 atom stereocenters. The number of benzene rings is 1. The minimum atomic E-state index is -0.565. The van der Waals surface area contributed by atoms with Gasteiger partial charge in [-0.05, 0) is 30.9 Å². The smallest absolute Gasteiger partial charge is 0.131 e. The van der Waals surface area contributed by atoms with Crippen LogP contribution in [-0.4, -0.2) is 9.67 Å². The molecule has 0 amide bonds. The molecule has 1 aliphatic rings. The zero-order chi connectivity index (χ0) is 14.1. The number of aliphatic hydroxyl groups excluding tert-OH is 1. The number of aromatic nitrogens is 1. The van der Waals surface area contributed by atoms with Gasteiger partial charge in [-0.3, -0.25) is 0 Å². The second-order valence-corrected chi connectivity index (χ2v) is 5.41. The molecule has 20 heavy (non-hydrogen) atoms. The molecule has 0 fully saturated rings. The van der Waals surface area contributed by atoms with Gasteiger partial charge in [-0.25, -0.2) is 8.78 Å². The summed E-state index contributed by atoms with van der Waals surface area (Å²) in [6, 6.07) is 3.63. The molecule has 0 aliphatic heterocycles. The van der Waals surface area contributed by atoms with E-state index in [9.17, 15) is 13.9 Å². The number of aliphatic hydroxyl groups is 1. The largest absolute Gasteiger partial charge is 0.388 e. The number of hydrogen-bond acceptors (Lipinski definition) is 1. The lowest BCUT2D eigenvalue weighted by atomic mass is 10.1. The predicted octanol–water partition coefficient (Wildman–Crippen LogP) is 3.57. The highest BCUT2D eigenvalue weighted by Crippen LogP contribution is 2.29. The van der Waals surface area contributed by atoms with E-state index in [1.807, 2.05) is 17.0 Å². The van der Waals surface area contributed by atoms with Crippen LogP contribution in [0.1, 0.15) is 42.1 Å². The number of aryl methyl sites for hydroxylation is 1. The molecule has 0 spiro atoms. The molecule has 1 heterocycles. The molecule has 1 aromatic carbocycles. The molecule has 2 nitrogen and oxygen atoms in total. The summed E-state index contributed by atoms with van der Waals surface area (Å²) in [5.74, 6) is -1.10. The SMILES string of the molecule is OC1CCCCc2cn(Cc3ccc(F)cc3F)cc21. The van der Waals surface area contributed by atoms with Gasteiger partial charge in [0, 0.05) is 36.1 Å². The van der Waals surface area contributed by atoms with Crippen LogP contribution in [0.15, 0.2) is 30.6 Å². The van der Waals surface area contributed by atoms with Crippen LogP contribution in [-0.2, 0) is 13.0 Å². The lowest BCUT2D eigenvalue weighted by Crippen LogP contribution is -2.01. The molecule has 3 rings (SSSR count). The van der Waals surface area contributed by atoms with Crippen molar-refractivity contribution in [2.75, 3.05) is 0 Å². The first-order valence-electron chi connectivity index (χ1n) is 6.94. The lowest BCUT2D eigenvalue weighted by molar-refractivity contribution is 0.166. The van der Waals surface area contributed by atoms with Crippen LogP contribution < -0.4 is 0 Å². The number of halogens is 2. The highest BCUT2D eigenvalue weighted by molar-refractivity contribution is 5.29. The molecule has 1 aliphatic carbocycles. The molecule has 0 bridgehead atoms. The maximum absolute atomic E-state index is 13.7. The summed E-state index contributed by atoms with van der Waals surface area (Å²) in [6.45, 7) is 0.353. The van der Waals surface area contributed by atoms with Gasteiger partial charge in [0.1, 0.15) is 11.6 Å². The van der Waals surface area contributed by atoms with Gasteiger partial charge in [0.05, 0.1) is 6.10 Å². The third-order valence-corrected chi connectivity index (χ3v) is 3.90. The van der Waals surface area contributed by atoms with Crippen molar-refractivity contribution in [2.24, 2.45) is 0 Å². The Balaban J connectivity index is 1.87. The third-order valence-electron chi connectivity index (χ3n) is 3.90. The molecule has 4 heteroatoms. The summed E-state index contributed by atoms with van der Waals surface area (Å²) in [6.07, 6.45) is 7.25. The van der Waals surface area contributed by atoms with Gasteiger partial charge in [-0.2, -0.15) is 0 Å². The predicted molar refractivity (Wildman–Crippen MR) is 72.4 cm³/mol. The highest BCUT2D eigenvalue weighted by atomic mass is 19.1. The molecule has 0 radical (unpaired) electrons. The Morgan fingerprint density at radius 1 is 1.20 bits per heavy atom. The van der Waals surface area contributed by atoms with Crippen LogP contribution in [0.25, 0.3) is 0 Å². The summed E-state index contributed by atoms with van der Waals surface area (Å²) < 4.78 is 28.4. The molecule has 0 saturated heterocycles. The molecule has 1 unspecified atom stereocenters. The summed E-state index contributed by atoms with van der Waals surface area (Å²) >= 11 is 0. The topological polar surface area (TPSA) is 25.2 Å². The van der Waals surface area contributed by atoms with Crippen molar-refractivity contribution >= 4 is 0 Å². The number of nitrogens with zero attached hydrogens (tertiary/aromatic N) is 1. The monoisotopic (exact) mass is 277 g/mol. The van der Waals surface area contributed by atoms with E-state index in [0.717, 1.165) is 42.9 Å². The molecular weight excluding hydrogens is 260 g/mol. The molecule has 1 N–H and O–H groups in total. The Kier molecular flexibility index (Phi) is 3.57. The van der Waals surface area contributed by atoms with E-state index in [2.05, 4.69) is 0 Å². The fourth-order valence-corrected chi connectivity index (χ4v) is 2.83. The normalized spacial score (nSPS) is 18.6. The summed E-state index contributed by atoms with van der Waals surface area (Å²) in [5, 5.41) is 10.1. The van der Waals surface area contributed by atoms with Crippen molar-refractivity contribution in [3.05, 3.63) is 58.9 Å². The summed E-state index contributed by atoms with van der Waals surface area (Å²) in [7, 11) is 0. The van der Waals surface area contributed by atoms with Gasteiger partial charge in [-0.15, -0.1) is 0 Å². The molecule has 0 saturated carbocycles. The Morgan fingerprint density at radius 2 is 2.05 bits per heavy atom. The number of fused-ring (bicyclic) bond motifs is 1. The average molecular weight is 277 g/mol. The van der Waals surface area contributed by atoms with E-state index in [0.29, 0.717) is 12.1 Å². The molecule has 106 valence electrons. The van der Waals surface area contributed by atoms with E-state index < -0.39 is 17.7 Å². The van der Waals surface area contributed by atoms with Crippen molar-refractivity contribution in [1.82, 2.24) is 4.57 Å². The first kappa shape index (κ1) is 13.3. The van der Waals surface area contributed by atoms with Crippen LogP contribution in [0.2, 0.25) is 0 Å². The van der Waals surface area contributed by atoms with E-state index in [1.54, 1.807) is 0 Å². The average Bonchev–Trinajstić information content (AvgIpc) is 2.73. The molecule has 1 aromatic heterocycles. The standard InChI is InChI=1S/C16H17F2NO/c17-13-6-5-12(15(18)7-13)9-19-8-11-3-1-2-4-16(20)14(11)10-19/h5-8,10,16,20H,1-4,9H2. The van der Waals surface area contributed by atoms with E-state index in [1.165, 1.54) is 12.1 Å². The fourth-order valence-electron chi connectivity index (χ4n) is 2.83. The maximum atomic E-state index is 13.7. The van der Waals surface area contributed by atoms with Gasteiger partial charge < -0.3 is 9.67 Å². The Labute approximate surface area is 116 Å². The van der Waals surface area contributed by atoms with Gasteiger partial charge in [0.2, 0.25) is 0 Å². The zero-order valence-electron chi connectivity index (χ0n) is 11.1. The van der Waals surface area contributed by atoms with Crippen LogP contribution >= 0.6 is 0 Å². The molecular formula is C16H17F2NO. The highest BCUT2D eigenvalue weighted by Gasteiger charge is 2.18. The fraction of sp³-hybridized carbons (Fsp3) is 0.375. The Hall–Kier alpha value is -1.68. The van der Waals surface area contributed by atoms with Gasteiger partial charge >= 0.3 is 0 Å². The van der Waals surface area contributed by atoms with Crippen molar-refractivity contribution in [3.8, 4) is 0 Å². The molecule has 2 aromatic rings. The quantitative estimate of drug-likeness (QED) is 0.834. The van der Waals surface area contributed by atoms with Crippen molar-refractivity contribution in [3.63, 3.8) is 0 Å². The Morgan fingerprint density at radius 3 is 2.85 bits per heavy atom. The minimum Gasteiger partial charge on any atom is -0.388 e. The third kappa shape index (κ3) is 2.61. The lowest BCUT2D eigenvalue weighted by Gasteiger charge is -2.07. The maximum Gasteiger partial charge on any atom is 0.131 e. The van der Waals surface area contributed by atoms with E-state index in [4.69, 9.17) is 0 Å². The minimum absolute atomic E-state index is 0.353. The first-order chi connectivity index (χ1) is 9.63. The van der Waals surface area contributed by atoms with Crippen molar-refractivity contribution in [2.45, 2.75) is 38.3 Å². The van der Waals surface area contributed by atoms with Crippen LogP contribution in [0.5, 0.6) is 0 Å². The number of rotatable bonds is 2. The van der Waals surface area contributed by atoms with Crippen molar-refractivity contribution in [1.29, 1.82) is 0 Å². The Bertz CT molecular complexity index is 621. The summed E-state index contributed by atoms with van der Waals surface area (Å²) in [4.78, 5) is 0. The second kappa shape index (κ2) is 5.37. The first-order valence-corrected chi connectivity index (χ1v) is 6.94.